The summed E-state index contributed by atoms with van der Waals surface area (Å²) in [6.07, 6.45) is 6.31. The fourth-order valence-electron chi connectivity index (χ4n) is 5.87. The Bertz CT molecular complexity index is 1790. The zero-order chi connectivity index (χ0) is 26.6. The Labute approximate surface area is 225 Å². The van der Waals surface area contributed by atoms with Gasteiger partial charge in [-0.25, -0.2) is 0 Å². The monoisotopic (exact) mass is 495 g/mol. The van der Waals surface area contributed by atoms with Crippen molar-refractivity contribution in [1.29, 1.82) is 0 Å². The largest absolute Gasteiger partial charge is 0.454 e. The SMILES string of the molecule is C=Cc1cc(N(c2ccc3c(c2)C(C)(C)C(C)=C3/C=C\C)c2cccc3c2oc2ccccc23)ccc1C. The molecule has 5 aromatic rings. The molecule has 0 amide bonds. The minimum atomic E-state index is -0.0587. The van der Waals surface area contributed by atoms with E-state index in [0.717, 1.165) is 44.6 Å². The maximum Gasteiger partial charge on any atom is 0.159 e. The molecular formula is C36H33NO. The molecule has 0 saturated heterocycles. The van der Waals surface area contributed by atoms with E-state index in [-0.39, 0.29) is 5.41 Å². The van der Waals surface area contributed by atoms with Crippen LogP contribution in [0.5, 0.6) is 0 Å². The predicted octanol–water partition coefficient (Wildman–Crippen LogP) is 10.6. The third-order valence-corrected chi connectivity index (χ3v) is 8.27. The molecule has 0 bridgehead atoms. The summed E-state index contributed by atoms with van der Waals surface area (Å²) in [5, 5.41) is 2.25. The van der Waals surface area contributed by atoms with Gasteiger partial charge in [0.2, 0.25) is 0 Å². The number of furan rings is 1. The molecule has 0 spiro atoms. The highest BCUT2D eigenvalue weighted by molar-refractivity contribution is 6.10. The van der Waals surface area contributed by atoms with Crippen molar-refractivity contribution in [3.63, 3.8) is 0 Å². The highest BCUT2D eigenvalue weighted by Gasteiger charge is 2.35. The van der Waals surface area contributed by atoms with Crippen molar-refractivity contribution in [3.05, 3.63) is 125 Å². The van der Waals surface area contributed by atoms with E-state index in [2.05, 4.69) is 125 Å². The first-order chi connectivity index (χ1) is 18.3. The summed E-state index contributed by atoms with van der Waals surface area (Å²) < 4.78 is 6.51. The molecule has 1 heterocycles. The first-order valence-electron chi connectivity index (χ1n) is 13.3. The summed E-state index contributed by atoms with van der Waals surface area (Å²) >= 11 is 0. The van der Waals surface area contributed by atoms with Crippen LogP contribution in [0.1, 0.15) is 49.9 Å². The molecule has 2 heteroatoms. The Morgan fingerprint density at radius 1 is 0.842 bits per heavy atom. The molecule has 188 valence electrons. The second kappa shape index (κ2) is 8.92. The summed E-state index contributed by atoms with van der Waals surface area (Å²) in [7, 11) is 0. The summed E-state index contributed by atoms with van der Waals surface area (Å²) in [4.78, 5) is 2.33. The summed E-state index contributed by atoms with van der Waals surface area (Å²) in [6, 6.07) is 28.2. The van der Waals surface area contributed by atoms with Crippen molar-refractivity contribution in [1.82, 2.24) is 0 Å². The molecule has 1 aliphatic rings. The van der Waals surface area contributed by atoms with E-state index in [4.69, 9.17) is 4.42 Å². The maximum absolute atomic E-state index is 6.51. The van der Waals surface area contributed by atoms with Crippen LogP contribution < -0.4 is 4.90 Å². The van der Waals surface area contributed by atoms with Crippen molar-refractivity contribution < 1.29 is 4.42 Å². The molecule has 4 aromatic carbocycles. The fourth-order valence-corrected chi connectivity index (χ4v) is 5.87. The van der Waals surface area contributed by atoms with E-state index < -0.39 is 0 Å². The quantitative estimate of drug-likeness (QED) is 0.241. The molecule has 0 unspecified atom stereocenters. The number of anilines is 3. The zero-order valence-electron chi connectivity index (χ0n) is 22.8. The van der Waals surface area contributed by atoms with Crippen LogP contribution in [0, 0.1) is 6.92 Å². The molecule has 0 aliphatic heterocycles. The number of allylic oxidation sites excluding steroid dienone is 4. The van der Waals surface area contributed by atoms with Gasteiger partial charge in [-0.15, -0.1) is 0 Å². The van der Waals surface area contributed by atoms with E-state index >= 15 is 0 Å². The van der Waals surface area contributed by atoms with Gasteiger partial charge < -0.3 is 9.32 Å². The van der Waals surface area contributed by atoms with Gasteiger partial charge in [-0.3, -0.25) is 0 Å². The van der Waals surface area contributed by atoms with Crippen LogP contribution in [0.4, 0.5) is 17.1 Å². The van der Waals surface area contributed by atoms with E-state index in [1.165, 1.54) is 27.8 Å². The summed E-state index contributed by atoms with van der Waals surface area (Å²) in [5.74, 6) is 0. The van der Waals surface area contributed by atoms with Crippen molar-refractivity contribution in [2.75, 3.05) is 4.90 Å². The normalized spacial score (nSPS) is 14.6. The van der Waals surface area contributed by atoms with Gasteiger partial charge in [0, 0.05) is 27.6 Å². The number of para-hydroxylation sites is 2. The third-order valence-electron chi connectivity index (χ3n) is 8.27. The molecule has 1 aliphatic carbocycles. The summed E-state index contributed by atoms with van der Waals surface area (Å²) in [5.41, 5.74) is 12.6. The van der Waals surface area contributed by atoms with E-state index in [9.17, 15) is 0 Å². The van der Waals surface area contributed by atoms with Gasteiger partial charge in [-0.1, -0.05) is 86.7 Å². The Hall–Kier alpha value is -4.30. The summed E-state index contributed by atoms with van der Waals surface area (Å²) in [6.45, 7) is 15.2. The van der Waals surface area contributed by atoms with Crippen LogP contribution in [0.15, 0.2) is 108 Å². The lowest BCUT2D eigenvalue weighted by atomic mass is 9.82. The number of nitrogens with zero attached hydrogens (tertiary/aromatic N) is 1. The first kappa shape index (κ1) is 24.1. The average Bonchev–Trinajstić information content (AvgIpc) is 3.39. The third kappa shape index (κ3) is 3.55. The van der Waals surface area contributed by atoms with Gasteiger partial charge >= 0.3 is 0 Å². The first-order valence-corrected chi connectivity index (χ1v) is 13.3. The molecule has 0 saturated carbocycles. The molecule has 1 aromatic heterocycles. The predicted molar refractivity (Wildman–Crippen MR) is 164 cm³/mol. The number of hydrogen-bond acceptors (Lipinski definition) is 2. The number of fused-ring (bicyclic) bond motifs is 4. The highest BCUT2D eigenvalue weighted by atomic mass is 16.3. The number of rotatable bonds is 5. The fraction of sp³-hybridized carbons (Fsp3) is 0.167. The Morgan fingerprint density at radius 3 is 2.37 bits per heavy atom. The highest BCUT2D eigenvalue weighted by Crippen LogP contribution is 2.49. The van der Waals surface area contributed by atoms with E-state index in [1.54, 1.807) is 0 Å². The lowest BCUT2D eigenvalue weighted by molar-refractivity contribution is 0.639. The lowest BCUT2D eigenvalue weighted by Gasteiger charge is -2.29. The molecule has 0 atom stereocenters. The maximum atomic E-state index is 6.51. The van der Waals surface area contributed by atoms with Crippen LogP contribution in [0.2, 0.25) is 0 Å². The van der Waals surface area contributed by atoms with E-state index in [1.807, 2.05) is 18.2 Å². The van der Waals surface area contributed by atoms with Crippen molar-refractivity contribution in [2.24, 2.45) is 0 Å². The van der Waals surface area contributed by atoms with Crippen LogP contribution in [0.25, 0.3) is 33.6 Å². The second-order valence-corrected chi connectivity index (χ2v) is 10.7. The van der Waals surface area contributed by atoms with E-state index in [0.29, 0.717) is 0 Å². The minimum absolute atomic E-state index is 0.0587. The topological polar surface area (TPSA) is 16.4 Å². The Morgan fingerprint density at radius 2 is 1.58 bits per heavy atom. The van der Waals surface area contributed by atoms with Gasteiger partial charge in [-0.05, 0) is 85.0 Å². The molecule has 6 rings (SSSR count). The van der Waals surface area contributed by atoms with Crippen molar-refractivity contribution in [2.45, 2.75) is 40.0 Å². The lowest BCUT2D eigenvalue weighted by Crippen LogP contribution is -2.17. The van der Waals surface area contributed by atoms with Gasteiger partial charge in [-0.2, -0.15) is 0 Å². The average molecular weight is 496 g/mol. The van der Waals surface area contributed by atoms with Gasteiger partial charge in [0.1, 0.15) is 5.58 Å². The Kier molecular flexibility index (Phi) is 5.65. The van der Waals surface area contributed by atoms with Crippen LogP contribution in [0.3, 0.4) is 0 Å². The number of aryl methyl sites for hydroxylation is 1. The van der Waals surface area contributed by atoms with Crippen LogP contribution >= 0.6 is 0 Å². The zero-order valence-corrected chi connectivity index (χ0v) is 22.8. The van der Waals surface area contributed by atoms with Crippen LogP contribution in [-0.4, -0.2) is 0 Å². The molecule has 38 heavy (non-hydrogen) atoms. The molecule has 2 nitrogen and oxygen atoms in total. The smallest absolute Gasteiger partial charge is 0.159 e. The standard InChI is InChI=1S/C36H33NO/c1-7-12-28-24(4)36(5,6)32-22-27(19-20-29(28)32)37(26-18-17-23(3)25(8-2)21-26)33-15-11-14-31-30-13-9-10-16-34(30)38-35(31)33/h7-22H,2H2,1,3-6H3/b12-7-. The van der Waals surface area contributed by atoms with Crippen molar-refractivity contribution in [3.8, 4) is 0 Å². The number of hydrogen-bond donors (Lipinski definition) is 0. The number of benzene rings is 4. The molecule has 0 fully saturated rings. The minimum Gasteiger partial charge on any atom is -0.454 e. The molecular weight excluding hydrogens is 462 g/mol. The molecule has 0 N–H and O–H groups in total. The van der Waals surface area contributed by atoms with Gasteiger partial charge in [0.05, 0.1) is 5.69 Å². The van der Waals surface area contributed by atoms with Gasteiger partial charge in [0.15, 0.2) is 5.58 Å². The second-order valence-electron chi connectivity index (χ2n) is 10.7. The van der Waals surface area contributed by atoms with Crippen molar-refractivity contribution >= 4 is 50.6 Å². The molecule has 0 radical (unpaired) electrons. The Balaban J connectivity index is 1.63. The van der Waals surface area contributed by atoms with Gasteiger partial charge in [0.25, 0.3) is 0 Å². The van der Waals surface area contributed by atoms with Crippen LogP contribution in [-0.2, 0) is 5.41 Å².